The summed E-state index contributed by atoms with van der Waals surface area (Å²) in [7, 11) is 0. The van der Waals surface area contributed by atoms with Crippen LogP contribution in [0.15, 0.2) is 18.3 Å². The van der Waals surface area contributed by atoms with Crippen LogP contribution in [0.2, 0.25) is 0 Å². The second kappa shape index (κ2) is 9.21. The van der Waals surface area contributed by atoms with Gasteiger partial charge in [-0.2, -0.15) is 5.26 Å². The number of amides is 2. The topological polar surface area (TPSA) is 116 Å². The molecule has 2 atom stereocenters. The number of nitrogens with one attached hydrogen (secondary N) is 3. The number of nitrogens with zero attached hydrogens (tertiary/aromatic N) is 2. The lowest BCUT2D eigenvalue weighted by atomic mass is 10.1. The molecule has 8 heteroatoms. The molecule has 1 aromatic rings. The normalized spacial score (nSPS) is 19.0. The number of pyridine rings is 1. The van der Waals surface area contributed by atoms with Gasteiger partial charge >= 0.3 is 6.09 Å². The molecule has 1 aliphatic carbocycles. The van der Waals surface area contributed by atoms with Crippen molar-refractivity contribution in [2.75, 3.05) is 18.4 Å². The largest absolute Gasteiger partial charge is 0.444 e. The van der Waals surface area contributed by atoms with Crippen LogP contribution in [-0.4, -0.2) is 41.7 Å². The first-order valence-corrected chi connectivity index (χ1v) is 9.14. The quantitative estimate of drug-likeness (QED) is 0.658. The summed E-state index contributed by atoms with van der Waals surface area (Å²) in [5, 5.41) is 17.8. The Labute approximate surface area is 159 Å². The van der Waals surface area contributed by atoms with Crippen LogP contribution in [0.4, 0.5) is 10.6 Å². The van der Waals surface area contributed by atoms with Crippen LogP contribution in [0, 0.1) is 17.2 Å². The lowest BCUT2D eigenvalue weighted by molar-refractivity contribution is -0.124. The monoisotopic (exact) mass is 373 g/mol. The second-order valence-electron chi connectivity index (χ2n) is 7.58. The molecule has 1 aromatic heterocycles. The SMILES string of the molecule is CC(C)(C)OC(=O)N[C@H]1CC[C@@H](C(=O)NCCNc2ncccc2C#N)C1. The third-order valence-electron chi connectivity index (χ3n) is 4.17. The van der Waals surface area contributed by atoms with Crippen molar-refractivity contribution in [1.29, 1.82) is 5.26 Å². The molecule has 2 amide bonds. The van der Waals surface area contributed by atoms with E-state index < -0.39 is 11.7 Å². The number of rotatable bonds is 6. The predicted molar refractivity (Wildman–Crippen MR) is 101 cm³/mol. The van der Waals surface area contributed by atoms with E-state index in [0.717, 1.165) is 12.8 Å². The van der Waals surface area contributed by atoms with Gasteiger partial charge in [-0.1, -0.05) is 0 Å². The van der Waals surface area contributed by atoms with E-state index in [1.165, 1.54) is 0 Å². The Morgan fingerprint density at radius 2 is 2.11 bits per heavy atom. The van der Waals surface area contributed by atoms with Crippen LogP contribution in [0.3, 0.4) is 0 Å². The number of carbonyl (C=O) groups is 2. The molecule has 3 N–H and O–H groups in total. The minimum atomic E-state index is -0.536. The smallest absolute Gasteiger partial charge is 0.407 e. The van der Waals surface area contributed by atoms with Crippen LogP contribution >= 0.6 is 0 Å². The van der Waals surface area contributed by atoms with Gasteiger partial charge in [-0.3, -0.25) is 4.79 Å². The Bertz CT molecular complexity index is 708. The van der Waals surface area contributed by atoms with Gasteiger partial charge in [-0.25, -0.2) is 9.78 Å². The number of hydrogen-bond acceptors (Lipinski definition) is 6. The molecule has 1 fully saturated rings. The molecule has 1 heterocycles. The molecule has 0 unspecified atom stereocenters. The summed E-state index contributed by atoms with van der Waals surface area (Å²) in [6.45, 7) is 6.35. The van der Waals surface area contributed by atoms with Crippen molar-refractivity contribution < 1.29 is 14.3 Å². The average molecular weight is 373 g/mol. The fourth-order valence-electron chi connectivity index (χ4n) is 2.97. The number of aromatic nitrogens is 1. The van der Waals surface area contributed by atoms with Crippen molar-refractivity contribution in [1.82, 2.24) is 15.6 Å². The van der Waals surface area contributed by atoms with E-state index in [-0.39, 0.29) is 17.9 Å². The highest BCUT2D eigenvalue weighted by Crippen LogP contribution is 2.26. The molecule has 0 aromatic carbocycles. The van der Waals surface area contributed by atoms with Crippen LogP contribution in [0.25, 0.3) is 0 Å². The summed E-state index contributed by atoms with van der Waals surface area (Å²) < 4.78 is 5.25. The van der Waals surface area contributed by atoms with Gasteiger partial charge in [0.2, 0.25) is 5.91 Å². The molecule has 27 heavy (non-hydrogen) atoms. The van der Waals surface area contributed by atoms with Crippen molar-refractivity contribution >= 4 is 17.8 Å². The maximum Gasteiger partial charge on any atom is 0.407 e. The van der Waals surface area contributed by atoms with Gasteiger partial charge in [0.1, 0.15) is 17.5 Å². The molecule has 0 aliphatic heterocycles. The summed E-state index contributed by atoms with van der Waals surface area (Å²) in [5.74, 6) is 0.373. The van der Waals surface area contributed by atoms with E-state index in [2.05, 4.69) is 27.0 Å². The van der Waals surface area contributed by atoms with Crippen LogP contribution in [0.1, 0.15) is 45.6 Å². The maximum atomic E-state index is 12.3. The molecule has 2 rings (SSSR count). The van der Waals surface area contributed by atoms with E-state index in [9.17, 15) is 9.59 Å². The first-order valence-electron chi connectivity index (χ1n) is 9.14. The number of ether oxygens (including phenoxy) is 1. The minimum Gasteiger partial charge on any atom is -0.444 e. The molecule has 0 bridgehead atoms. The van der Waals surface area contributed by atoms with Crippen molar-refractivity contribution in [3.63, 3.8) is 0 Å². The standard InChI is InChI=1S/C19H27N5O3/c1-19(2,3)27-18(26)24-15-7-6-13(11-15)17(25)23-10-9-22-16-14(12-20)5-4-8-21-16/h4-5,8,13,15H,6-7,9-11H2,1-3H3,(H,21,22)(H,23,25)(H,24,26)/t13-,15+/m1/s1. The summed E-state index contributed by atoms with van der Waals surface area (Å²) in [4.78, 5) is 28.2. The highest BCUT2D eigenvalue weighted by atomic mass is 16.6. The van der Waals surface area contributed by atoms with Crippen molar-refractivity contribution in [2.45, 2.75) is 51.7 Å². The Hall–Kier alpha value is -2.82. The van der Waals surface area contributed by atoms with Crippen LogP contribution in [0.5, 0.6) is 0 Å². The van der Waals surface area contributed by atoms with Gasteiger partial charge in [0.05, 0.1) is 5.56 Å². The fourth-order valence-corrected chi connectivity index (χ4v) is 2.97. The number of anilines is 1. The van der Waals surface area contributed by atoms with Crippen LogP contribution in [-0.2, 0) is 9.53 Å². The first-order chi connectivity index (χ1) is 12.8. The molecular weight excluding hydrogens is 346 g/mol. The van der Waals surface area contributed by atoms with E-state index in [0.29, 0.717) is 30.9 Å². The molecular formula is C19H27N5O3. The lowest BCUT2D eigenvalue weighted by Crippen LogP contribution is -2.39. The van der Waals surface area contributed by atoms with Gasteiger partial charge in [0.15, 0.2) is 0 Å². The van der Waals surface area contributed by atoms with E-state index in [1.807, 2.05) is 20.8 Å². The number of alkyl carbamates (subject to hydrolysis) is 1. The third-order valence-corrected chi connectivity index (χ3v) is 4.17. The molecule has 1 aliphatic rings. The zero-order valence-electron chi connectivity index (χ0n) is 16.0. The number of hydrogen-bond donors (Lipinski definition) is 3. The van der Waals surface area contributed by atoms with Gasteiger partial charge < -0.3 is 20.7 Å². The number of nitriles is 1. The fraction of sp³-hybridized carbons (Fsp3) is 0.579. The number of carbonyl (C=O) groups excluding carboxylic acids is 2. The Balaban J connectivity index is 1.68. The molecule has 0 spiro atoms. The Kier molecular flexibility index (Phi) is 6.99. The highest BCUT2D eigenvalue weighted by Gasteiger charge is 2.31. The molecule has 0 saturated heterocycles. The van der Waals surface area contributed by atoms with E-state index >= 15 is 0 Å². The summed E-state index contributed by atoms with van der Waals surface area (Å²) in [5.41, 5.74) is -0.0680. The van der Waals surface area contributed by atoms with E-state index in [1.54, 1.807) is 18.3 Å². The zero-order valence-corrected chi connectivity index (χ0v) is 16.0. The van der Waals surface area contributed by atoms with Crippen molar-refractivity contribution in [3.8, 4) is 6.07 Å². The van der Waals surface area contributed by atoms with Crippen molar-refractivity contribution in [2.24, 2.45) is 5.92 Å². The highest BCUT2D eigenvalue weighted by molar-refractivity contribution is 5.79. The second-order valence-corrected chi connectivity index (χ2v) is 7.58. The Morgan fingerprint density at radius 3 is 2.81 bits per heavy atom. The molecule has 8 nitrogen and oxygen atoms in total. The molecule has 146 valence electrons. The van der Waals surface area contributed by atoms with E-state index in [4.69, 9.17) is 10.00 Å². The zero-order chi connectivity index (χ0) is 19.9. The van der Waals surface area contributed by atoms with Gasteiger partial charge in [-0.15, -0.1) is 0 Å². The van der Waals surface area contributed by atoms with Crippen molar-refractivity contribution in [3.05, 3.63) is 23.9 Å². The van der Waals surface area contributed by atoms with Gasteiger partial charge in [0, 0.05) is 31.2 Å². The molecule has 1 saturated carbocycles. The predicted octanol–water partition coefficient (Wildman–Crippen LogP) is 2.17. The summed E-state index contributed by atoms with van der Waals surface area (Å²) in [6.07, 6.45) is 3.27. The Morgan fingerprint density at radius 1 is 1.33 bits per heavy atom. The van der Waals surface area contributed by atoms with Gasteiger partial charge in [-0.05, 0) is 52.2 Å². The first kappa shape index (κ1) is 20.5. The minimum absolute atomic E-state index is 0.0215. The van der Waals surface area contributed by atoms with Gasteiger partial charge in [0.25, 0.3) is 0 Å². The lowest BCUT2D eigenvalue weighted by Gasteiger charge is -2.21. The summed E-state index contributed by atoms with van der Waals surface area (Å²) in [6, 6.07) is 5.41. The average Bonchev–Trinajstić information content (AvgIpc) is 3.05. The summed E-state index contributed by atoms with van der Waals surface area (Å²) >= 11 is 0. The molecule has 0 radical (unpaired) electrons. The maximum absolute atomic E-state index is 12.3. The third kappa shape index (κ3) is 6.77. The van der Waals surface area contributed by atoms with Crippen LogP contribution < -0.4 is 16.0 Å².